The molecule has 68 valence electrons. The lowest BCUT2D eigenvalue weighted by Crippen LogP contribution is -1.93. The number of nitrogens with two attached hydrogens (primary N) is 2. The third-order valence-electron chi connectivity index (χ3n) is 1.39. The minimum atomic E-state index is 0.509. The minimum Gasteiger partial charge on any atom is -0.399 e. The first-order valence-corrected chi connectivity index (χ1v) is 4.15. The van der Waals surface area contributed by atoms with E-state index >= 15 is 0 Å². The highest BCUT2D eigenvalue weighted by Gasteiger charge is 1.84. The summed E-state index contributed by atoms with van der Waals surface area (Å²) in [6.45, 7) is 4.72. The quantitative estimate of drug-likeness (QED) is 0.626. The van der Waals surface area contributed by atoms with Crippen LogP contribution in [0.1, 0.15) is 20.3 Å². The summed E-state index contributed by atoms with van der Waals surface area (Å²) >= 11 is 0. The van der Waals surface area contributed by atoms with E-state index in [0.29, 0.717) is 11.7 Å². The Morgan fingerprint density at radius 1 is 1.50 bits per heavy atom. The highest BCUT2D eigenvalue weighted by Crippen LogP contribution is 2.06. The van der Waals surface area contributed by atoms with Gasteiger partial charge in [-0.25, -0.2) is 0 Å². The summed E-state index contributed by atoms with van der Waals surface area (Å²) in [5, 5.41) is 0. The molecule has 0 heterocycles. The first-order valence-electron chi connectivity index (χ1n) is 4.65. The van der Waals surface area contributed by atoms with Gasteiger partial charge in [0.25, 0.3) is 0 Å². The van der Waals surface area contributed by atoms with Crippen LogP contribution in [-0.4, -0.2) is 6.54 Å². The van der Waals surface area contributed by atoms with Crippen LogP contribution in [0.5, 0.6) is 0 Å². The van der Waals surface area contributed by atoms with Crippen molar-refractivity contribution in [2.75, 3.05) is 12.3 Å². The summed E-state index contributed by atoms with van der Waals surface area (Å²) in [5.74, 6) is 0. The molecule has 0 spiro atoms. The van der Waals surface area contributed by atoms with Crippen LogP contribution < -0.4 is 11.5 Å². The second kappa shape index (κ2) is 6.68. The summed E-state index contributed by atoms with van der Waals surface area (Å²) < 4.78 is 7.28. The molecule has 12 heavy (non-hydrogen) atoms. The zero-order chi connectivity index (χ0) is 10.3. The van der Waals surface area contributed by atoms with Crippen LogP contribution in [0, 0.1) is 6.92 Å². The molecule has 2 nitrogen and oxygen atoms in total. The van der Waals surface area contributed by atoms with E-state index in [1.165, 1.54) is 0 Å². The third kappa shape index (κ3) is 4.74. The maximum absolute atomic E-state index is 7.28. The van der Waals surface area contributed by atoms with Gasteiger partial charge in [0.2, 0.25) is 0 Å². The molecule has 0 fully saturated rings. The van der Waals surface area contributed by atoms with Crippen LogP contribution in [0.2, 0.25) is 0 Å². The number of benzene rings is 1. The average Bonchev–Trinajstić information content (AvgIpc) is 2.14. The lowest BCUT2D eigenvalue weighted by atomic mass is 10.2. The Balaban J connectivity index is 0.000000310. The molecule has 0 bridgehead atoms. The van der Waals surface area contributed by atoms with E-state index in [0.717, 1.165) is 18.5 Å². The summed E-state index contributed by atoms with van der Waals surface area (Å²) in [6, 6.07) is 5.82. The lowest BCUT2D eigenvalue weighted by Gasteiger charge is -1.93. The normalized spacial score (nSPS) is 9.75. The second-order valence-electron chi connectivity index (χ2n) is 2.54. The van der Waals surface area contributed by atoms with Gasteiger partial charge in [0.1, 0.15) is 0 Å². The molecule has 0 amide bonds. The Morgan fingerprint density at radius 2 is 2.08 bits per heavy atom. The number of rotatable bonds is 1. The van der Waals surface area contributed by atoms with E-state index in [1.807, 2.05) is 6.92 Å². The molecule has 0 atom stereocenters. The maximum atomic E-state index is 7.28. The highest BCUT2D eigenvalue weighted by atomic mass is 14.5. The van der Waals surface area contributed by atoms with E-state index in [1.54, 1.807) is 18.2 Å². The molecule has 0 saturated heterocycles. The van der Waals surface area contributed by atoms with Crippen molar-refractivity contribution < 1.29 is 1.37 Å². The summed E-state index contributed by atoms with van der Waals surface area (Å²) in [5.41, 5.74) is 12.1. The maximum Gasteiger partial charge on any atom is 0.0626 e. The van der Waals surface area contributed by atoms with Gasteiger partial charge in [0.15, 0.2) is 0 Å². The van der Waals surface area contributed by atoms with Crippen LogP contribution in [0.4, 0.5) is 5.69 Å². The van der Waals surface area contributed by atoms with Crippen LogP contribution >= 0.6 is 0 Å². The van der Waals surface area contributed by atoms with Crippen molar-refractivity contribution in [3.8, 4) is 0 Å². The standard InChI is InChI=1S/C7H9N.C3H9N/c1-6-4-2-3-5-7(6)8;1-2-3-4/h2-5H,8H2,1H3;2-4H2,1H3/i4H;. The number of para-hydroxylation sites is 1. The van der Waals surface area contributed by atoms with E-state index in [-0.39, 0.29) is 0 Å². The minimum absolute atomic E-state index is 0.509. The summed E-state index contributed by atoms with van der Waals surface area (Å²) in [6.07, 6.45) is 1.10. The fraction of sp³-hybridized carbons (Fsp3) is 0.400. The van der Waals surface area contributed by atoms with E-state index in [4.69, 9.17) is 12.8 Å². The van der Waals surface area contributed by atoms with Crippen molar-refractivity contribution in [1.29, 1.82) is 0 Å². The highest BCUT2D eigenvalue weighted by molar-refractivity contribution is 5.44. The summed E-state index contributed by atoms with van der Waals surface area (Å²) in [4.78, 5) is 0. The Hall–Kier alpha value is -1.02. The molecule has 2 heteroatoms. The zero-order valence-corrected chi connectivity index (χ0v) is 7.80. The van der Waals surface area contributed by atoms with Crippen molar-refractivity contribution in [3.63, 3.8) is 0 Å². The molecule has 1 aromatic rings. The van der Waals surface area contributed by atoms with Crippen molar-refractivity contribution in [2.45, 2.75) is 20.3 Å². The predicted octanol–water partition coefficient (Wildman–Crippen LogP) is 1.93. The Morgan fingerprint density at radius 3 is 2.42 bits per heavy atom. The van der Waals surface area contributed by atoms with Crippen LogP contribution in [0.25, 0.3) is 0 Å². The zero-order valence-electron chi connectivity index (χ0n) is 8.80. The van der Waals surface area contributed by atoms with Crippen molar-refractivity contribution in [1.82, 2.24) is 0 Å². The number of nitrogen functional groups attached to an aromatic ring is 1. The molecule has 1 rings (SSSR count). The molecule has 1 aromatic carbocycles. The van der Waals surface area contributed by atoms with Gasteiger partial charge >= 0.3 is 0 Å². The molecule has 0 radical (unpaired) electrons. The monoisotopic (exact) mass is 166 g/mol. The van der Waals surface area contributed by atoms with Crippen molar-refractivity contribution >= 4 is 5.69 Å². The van der Waals surface area contributed by atoms with Crippen LogP contribution in [0.15, 0.2) is 24.2 Å². The van der Waals surface area contributed by atoms with E-state index in [9.17, 15) is 0 Å². The largest absolute Gasteiger partial charge is 0.399 e. The van der Waals surface area contributed by atoms with Gasteiger partial charge in [-0.05, 0) is 31.5 Å². The predicted molar refractivity (Wildman–Crippen MR) is 54.9 cm³/mol. The van der Waals surface area contributed by atoms with Gasteiger partial charge in [-0.3, -0.25) is 0 Å². The molecule has 0 aliphatic rings. The molecule has 0 saturated carbocycles. The fourth-order valence-electron chi connectivity index (χ4n) is 0.533. The SMILES string of the molecule is CCCN.[1H]c1cccc(N)c1C. The molecule has 0 aromatic heterocycles. The van der Waals surface area contributed by atoms with Gasteiger partial charge < -0.3 is 11.5 Å². The molecule has 0 unspecified atom stereocenters. The number of hydrogen-bond acceptors (Lipinski definition) is 2. The first-order chi connectivity index (χ1) is 6.13. The van der Waals surface area contributed by atoms with E-state index < -0.39 is 0 Å². The number of hydrogen-bond donors (Lipinski definition) is 2. The molecular weight excluding hydrogens is 148 g/mol. The van der Waals surface area contributed by atoms with Crippen LogP contribution in [-0.2, 0) is 0 Å². The first kappa shape index (κ1) is 9.07. The third-order valence-corrected chi connectivity index (χ3v) is 1.39. The van der Waals surface area contributed by atoms with Crippen molar-refractivity contribution in [3.05, 3.63) is 29.8 Å². The Labute approximate surface area is 76.0 Å². The Kier molecular flexibility index (Phi) is 5.05. The van der Waals surface area contributed by atoms with Gasteiger partial charge in [0, 0.05) is 5.69 Å². The second-order valence-corrected chi connectivity index (χ2v) is 2.54. The van der Waals surface area contributed by atoms with Gasteiger partial charge in [-0.1, -0.05) is 25.1 Å². The van der Waals surface area contributed by atoms with Gasteiger partial charge in [-0.15, -0.1) is 0 Å². The van der Waals surface area contributed by atoms with Crippen LogP contribution in [0.3, 0.4) is 0 Å². The molecule has 0 aliphatic heterocycles. The number of anilines is 1. The van der Waals surface area contributed by atoms with Gasteiger partial charge in [-0.2, -0.15) is 0 Å². The topological polar surface area (TPSA) is 52.0 Å². The molecule has 4 N–H and O–H groups in total. The van der Waals surface area contributed by atoms with Crippen molar-refractivity contribution in [2.24, 2.45) is 5.73 Å². The average molecular weight is 166 g/mol. The fourth-order valence-corrected chi connectivity index (χ4v) is 0.533. The summed E-state index contributed by atoms with van der Waals surface area (Å²) in [7, 11) is 0. The van der Waals surface area contributed by atoms with E-state index in [2.05, 4.69) is 6.92 Å². The lowest BCUT2D eigenvalue weighted by molar-refractivity contribution is 0.932. The molecular formula is C10H18N2. The molecule has 0 aliphatic carbocycles. The Bertz CT molecular complexity index is 226. The van der Waals surface area contributed by atoms with Gasteiger partial charge in [0.05, 0.1) is 1.37 Å². The smallest absolute Gasteiger partial charge is 0.0626 e.